The van der Waals surface area contributed by atoms with Gasteiger partial charge in [0.05, 0.1) is 18.8 Å². The first-order chi connectivity index (χ1) is 13.5. The Labute approximate surface area is 163 Å². The number of alkyl halides is 3. The van der Waals surface area contributed by atoms with Crippen LogP contribution in [-0.2, 0) is 15.7 Å². The van der Waals surface area contributed by atoms with E-state index in [1.807, 2.05) is 0 Å². The molecular weight excluding hydrogens is 375 g/mol. The molecule has 0 bridgehead atoms. The van der Waals surface area contributed by atoms with Gasteiger partial charge >= 0.3 is 6.18 Å². The van der Waals surface area contributed by atoms with Crippen LogP contribution in [0.3, 0.4) is 0 Å². The maximum atomic E-state index is 12.9. The Morgan fingerprint density at radius 1 is 1.32 bits per heavy atom. The molecule has 0 spiro atoms. The van der Waals surface area contributed by atoms with Crippen LogP contribution in [-0.4, -0.2) is 64.1 Å². The summed E-state index contributed by atoms with van der Waals surface area (Å²) in [6.07, 6.45) is -1.22. The number of rotatable bonds is 10. The number of hydrogen-bond acceptors (Lipinski definition) is 5. The molecule has 1 fully saturated rings. The monoisotopic (exact) mass is 403 g/mol. The molecule has 3 N–H and O–H groups in total. The molecule has 1 aromatic heterocycles. The number of halogens is 3. The van der Waals surface area contributed by atoms with Gasteiger partial charge in [0.25, 0.3) is 0 Å². The normalized spacial score (nSPS) is 17.6. The fraction of sp³-hybridized carbons (Fsp3) is 0.667. The summed E-state index contributed by atoms with van der Waals surface area (Å²) in [5, 5.41) is 8.89. The van der Waals surface area contributed by atoms with Crippen molar-refractivity contribution in [2.75, 3.05) is 58.4 Å². The van der Waals surface area contributed by atoms with Crippen LogP contribution in [0.2, 0.25) is 0 Å². The van der Waals surface area contributed by atoms with Crippen molar-refractivity contribution in [3.63, 3.8) is 0 Å². The van der Waals surface area contributed by atoms with Crippen LogP contribution in [0.5, 0.6) is 0 Å². The number of aliphatic imine (C=N–C) groups is 1. The first kappa shape index (κ1) is 22.2. The van der Waals surface area contributed by atoms with E-state index >= 15 is 0 Å². The van der Waals surface area contributed by atoms with Gasteiger partial charge in [0.2, 0.25) is 0 Å². The van der Waals surface area contributed by atoms with Gasteiger partial charge in [0.15, 0.2) is 5.96 Å². The highest BCUT2D eigenvalue weighted by Gasteiger charge is 2.33. The third-order valence-electron chi connectivity index (χ3n) is 4.18. The number of nitrogens with one attached hydrogen (secondary N) is 3. The third-order valence-corrected chi connectivity index (χ3v) is 4.18. The molecule has 0 saturated carbocycles. The van der Waals surface area contributed by atoms with E-state index < -0.39 is 11.7 Å². The lowest BCUT2D eigenvalue weighted by Crippen LogP contribution is -2.40. The summed E-state index contributed by atoms with van der Waals surface area (Å²) in [4.78, 5) is 7.85. The van der Waals surface area contributed by atoms with E-state index in [1.165, 1.54) is 12.3 Å². The summed E-state index contributed by atoms with van der Waals surface area (Å²) in [5.74, 6) is 0.916. The van der Waals surface area contributed by atoms with Gasteiger partial charge in [0.1, 0.15) is 5.82 Å². The molecule has 1 aromatic rings. The van der Waals surface area contributed by atoms with Crippen molar-refractivity contribution in [1.29, 1.82) is 0 Å². The van der Waals surface area contributed by atoms with E-state index in [2.05, 4.69) is 25.9 Å². The molecule has 1 unspecified atom stereocenters. The van der Waals surface area contributed by atoms with Crippen LogP contribution in [0.1, 0.15) is 18.4 Å². The second-order valence-corrected chi connectivity index (χ2v) is 6.41. The quantitative estimate of drug-likeness (QED) is 0.316. The molecule has 7 nitrogen and oxygen atoms in total. The van der Waals surface area contributed by atoms with Gasteiger partial charge in [-0.2, -0.15) is 13.2 Å². The van der Waals surface area contributed by atoms with Crippen molar-refractivity contribution in [3.8, 4) is 0 Å². The second-order valence-electron chi connectivity index (χ2n) is 6.41. The number of ether oxygens (including phenoxy) is 2. The van der Waals surface area contributed by atoms with Gasteiger partial charge < -0.3 is 25.4 Å². The molecule has 158 valence electrons. The zero-order valence-electron chi connectivity index (χ0n) is 16.0. The SMILES string of the molecule is CN=C(NCCCOCC1CCOC1)NCCNc1ncccc1C(F)(F)F. The minimum Gasteiger partial charge on any atom is -0.381 e. The number of hydrogen-bond donors (Lipinski definition) is 3. The average molecular weight is 403 g/mol. The Morgan fingerprint density at radius 2 is 2.14 bits per heavy atom. The highest BCUT2D eigenvalue weighted by atomic mass is 19.4. The van der Waals surface area contributed by atoms with Crippen molar-refractivity contribution in [1.82, 2.24) is 15.6 Å². The van der Waals surface area contributed by atoms with Gasteiger partial charge in [-0.1, -0.05) is 0 Å². The van der Waals surface area contributed by atoms with Gasteiger partial charge in [0, 0.05) is 52.0 Å². The van der Waals surface area contributed by atoms with Crippen LogP contribution >= 0.6 is 0 Å². The predicted octanol–water partition coefficient (Wildman–Crippen LogP) is 2.12. The molecule has 0 aliphatic carbocycles. The number of nitrogens with zero attached hydrogens (tertiary/aromatic N) is 2. The molecule has 2 rings (SSSR count). The third kappa shape index (κ3) is 7.89. The lowest BCUT2D eigenvalue weighted by molar-refractivity contribution is -0.137. The summed E-state index contributed by atoms with van der Waals surface area (Å²) in [7, 11) is 1.64. The Bertz CT molecular complexity index is 607. The summed E-state index contributed by atoms with van der Waals surface area (Å²) in [6.45, 7) is 4.34. The topological polar surface area (TPSA) is 79.8 Å². The lowest BCUT2D eigenvalue weighted by atomic mass is 10.1. The van der Waals surface area contributed by atoms with Crippen LogP contribution in [0.4, 0.5) is 19.0 Å². The van der Waals surface area contributed by atoms with E-state index in [1.54, 1.807) is 7.05 Å². The number of anilines is 1. The summed E-state index contributed by atoms with van der Waals surface area (Å²) < 4.78 is 49.7. The van der Waals surface area contributed by atoms with Crippen LogP contribution in [0.15, 0.2) is 23.3 Å². The lowest BCUT2D eigenvalue weighted by Gasteiger charge is -2.15. The highest BCUT2D eigenvalue weighted by Crippen LogP contribution is 2.33. The van der Waals surface area contributed by atoms with Crippen molar-refractivity contribution in [2.24, 2.45) is 10.9 Å². The van der Waals surface area contributed by atoms with Crippen LogP contribution in [0.25, 0.3) is 0 Å². The van der Waals surface area contributed by atoms with E-state index in [4.69, 9.17) is 9.47 Å². The zero-order valence-corrected chi connectivity index (χ0v) is 16.0. The van der Waals surface area contributed by atoms with E-state index in [-0.39, 0.29) is 12.4 Å². The molecule has 10 heteroatoms. The summed E-state index contributed by atoms with van der Waals surface area (Å²) in [6, 6.07) is 2.27. The van der Waals surface area contributed by atoms with Gasteiger partial charge in [-0.25, -0.2) is 4.98 Å². The Kier molecular flexibility index (Phi) is 9.29. The van der Waals surface area contributed by atoms with Crippen molar-refractivity contribution in [2.45, 2.75) is 19.0 Å². The maximum absolute atomic E-state index is 12.9. The zero-order chi connectivity index (χ0) is 20.2. The second kappa shape index (κ2) is 11.7. The highest BCUT2D eigenvalue weighted by molar-refractivity contribution is 5.79. The molecule has 1 aliphatic heterocycles. The van der Waals surface area contributed by atoms with Gasteiger partial charge in [-0.3, -0.25) is 4.99 Å². The average Bonchev–Trinajstić information content (AvgIpc) is 3.19. The number of pyridine rings is 1. The Hall–Kier alpha value is -2.07. The summed E-state index contributed by atoms with van der Waals surface area (Å²) in [5.41, 5.74) is -0.776. The Balaban J connectivity index is 1.57. The fourth-order valence-corrected chi connectivity index (χ4v) is 2.70. The smallest absolute Gasteiger partial charge is 0.381 e. The van der Waals surface area contributed by atoms with E-state index in [0.29, 0.717) is 31.6 Å². The van der Waals surface area contributed by atoms with Gasteiger partial charge in [-0.05, 0) is 25.0 Å². The van der Waals surface area contributed by atoms with Crippen molar-refractivity contribution < 1.29 is 22.6 Å². The maximum Gasteiger partial charge on any atom is 0.419 e. The first-order valence-electron chi connectivity index (χ1n) is 9.37. The van der Waals surface area contributed by atoms with E-state index in [9.17, 15) is 13.2 Å². The Morgan fingerprint density at radius 3 is 2.86 bits per heavy atom. The molecule has 0 radical (unpaired) electrons. The molecule has 0 aromatic carbocycles. The van der Waals surface area contributed by atoms with Crippen molar-refractivity contribution in [3.05, 3.63) is 23.9 Å². The fourth-order valence-electron chi connectivity index (χ4n) is 2.70. The molecule has 1 atom stereocenters. The van der Waals surface area contributed by atoms with Gasteiger partial charge in [-0.15, -0.1) is 0 Å². The molecule has 1 aliphatic rings. The molecule has 2 heterocycles. The minimum atomic E-state index is -4.44. The standard InChI is InChI=1S/C18H28F3N5O2/c1-22-17(25-7-3-10-27-12-14-5-11-28-13-14)26-9-8-24-16-15(18(19,20)21)4-2-6-23-16/h2,4,6,14H,3,5,7-13H2,1H3,(H,23,24)(H2,22,25,26). The van der Waals surface area contributed by atoms with Crippen molar-refractivity contribution >= 4 is 11.8 Å². The van der Waals surface area contributed by atoms with Crippen LogP contribution < -0.4 is 16.0 Å². The molecule has 28 heavy (non-hydrogen) atoms. The molecule has 0 amide bonds. The summed E-state index contributed by atoms with van der Waals surface area (Å²) >= 11 is 0. The number of aromatic nitrogens is 1. The molecular formula is C18H28F3N5O2. The predicted molar refractivity (Wildman–Crippen MR) is 101 cm³/mol. The van der Waals surface area contributed by atoms with Crippen LogP contribution in [0, 0.1) is 5.92 Å². The largest absolute Gasteiger partial charge is 0.419 e. The number of guanidine groups is 1. The first-order valence-corrected chi connectivity index (χ1v) is 9.37. The van der Waals surface area contributed by atoms with E-state index in [0.717, 1.165) is 38.7 Å². The minimum absolute atomic E-state index is 0.176. The molecule has 1 saturated heterocycles.